The Morgan fingerprint density at radius 2 is 2.00 bits per heavy atom. The molecule has 0 saturated carbocycles. The molecule has 3 aromatic rings. The monoisotopic (exact) mass is 268 g/mol. The molecule has 5 heteroatoms. The van der Waals surface area contributed by atoms with Crippen LogP contribution in [0.2, 0.25) is 0 Å². The predicted octanol–water partition coefficient (Wildman–Crippen LogP) is 2.81. The van der Waals surface area contributed by atoms with E-state index in [1.165, 1.54) is 5.56 Å². The first-order chi connectivity index (χ1) is 9.74. The van der Waals surface area contributed by atoms with Gasteiger partial charge in [-0.15, -0.1) is 0 Å². The molecule has 0 fully saturated rings. The third-order valence-electron chi connectivity index (χ3n) is 3.53. The average Bonchev–Trinajstić information content (AvgIpc) is 2.95. The molecule has 1 unspecified atom stereocenters. The highest BCUT2D eigenvalue weighted by molar-refractivity contribution is 5.73. The molecular weight excluding hydrogens is 252 g/mol. The van der Waals surface area contributed by atoms with Crippen molar-refractivity contribution < 1.29 is 4.63 Å². The van der Waals surface area contributed by atoms with Crippen molar-refractivity contribution in [3.05, 3.63) is 53.9 Å². The zero-order valence-corrected chi connectivity index (χ0v) is 11.5. The van der Waals surface area contributed by atoms with E-state index in [2.05, 4.69) is 34.2 Å². The summed E-state index contributed by atoms with van der Waals surface area (Å²) in [5, 5.41) is 7.68. The van der Waals surface area contributed by atoms with Crippen LogP contribution < -0.4 is 0 Å². The summed E-state index contributed by atoms with van der Waals surface area (Å²) in [6.07, 6.45) is 1.83. The minimum Gasteiger partial charge on any atom is -0.294 e. The van der Waals surface area contributed by atoms with Gasteiger partial charge in [0.25, 0.3) is 0 Å². The lowest BCUT2D eigenvalue weighted by Gasteiger charge is -2.24. The third-order valence-corrected chi connectivity index (χ3v) is 3.53. The van der Waals surface area contributed by atoms with Gasteiger partial charge in [-0.25, -0.2) is 4.63 Å². The smallest absolute Gasteiger partial charge is 0.135 e. The first kappa shape index (κ1) is 12.7. The lowest BCUT2D eigenvalue weighted by Crippen LogP contribution is -2.22. The highest BCUT2D eigenvalue weighted by atomic mass is 16.6. The van der Waals surface area contributed by atoms with E-state index >= 15 is 0 Å². The van der Waals surface area contributed by atoms with Gasteiger partial charge in [0.2, 0.25) is 0 Å². The van der Waals surface area contributed by atoms with Crippen LogP contribution in [0.3, 0.4) is 0 Å². The molecule has 3 rings (SSSR count). The van der Waals surface area contributed by atoms with Crippen molar-refractivity contribution in [1.29, 1.82) is 0 Å². The summed E-state index contributed by atoms with van der Waals surface area (Å²) >= 11 is 0. The van der Waals surface area contributed by atoms with E-state index < -0.39 is 0 Å². The second kappa shape index (κ2) is 5.38. The van der Waals surface area contributed by atoms with Crippen molar-refractivity contribution in [3.8, 4) is 0 Å². The highest BCUT2D eigenvalue weighted by Gasteiger charge is 2.13. The fourth-order valence-corrected chi connectivity index (χ4v) is 2.20. The van der Waals surface area contributed by atoms with Crippen LogP contribution in [-0.4, -0.2) is 27.2 Å². The minimum atomic E-state index is 0.252. The van der Waals surface area contributed by atoms with Crippen LogP contribution in [0.15, 0.2) is 47.2 Å². The number of fused-ring (bicyclic) bond motifs is 1. The van der Waals surface area contributed by atoms with Gasteiger partial charge in [-0.05, 0) is 54.1 Å². The van der Waals surface area contributed by atoms with Crippen LogP contribution in [0.25, 0.3) is 11.0 Å². The van der Waals surface area contributed by atoms with Crippen LogP contribution in [0.1, 0.15) is 24.2 Å². The number of hydrogen-bond donors (Lipinski definition) is 0. The van der Waals surface area contributed by atoms with Gasteiger partial charge in [-0.3, -0.25) is 9.88 Å². The molecule has 0 radical (unpaired) electrons. The van der Waals surface area contributed by atoms with Crippen LogP contribution >= 0.6 is 0 Å². The fourth-order valence-electron chi connectivity index (χ4n) is 2.20. The van der Waals surface area contributed by atoms with Gasteiger partial charge in [-0.2, -0.15) is 0 Å². The van der Waals surface area contributed by atoms with Crippen molar-refractivity contribution >= 4 is 11.0 Å². The molecule has 0 spiro atoms. The summed E-state index contributed by atoms with van der Waals surface area (Å²) in [5.74, 6) is 0. The molecule has 0 bridgehead atoms. The quantitative estimate of drug-likeness (QED) is 0.728. The topological polar surface area (TPSA) is 55.1 Å². The lowest BCUT2D eigenvalue weighted by atomic mass is 10.1. The molecule has 0 N–H and O–H groups in total. The molecule has 2 aromatic heterocycles. The molecule has 0 amide bonds. The number of aromatic nitrogens is 3. The third kappa shape index (κ3) is 2.53. The second-order valence-corrected chi connectivity index (χ2v) is 4.93. The van der Waals surface area contributed by atoms with E-state index in [0.29, 0.717) is 0 Å². The molecule has 20 heavy (non-hydrogen) atoms. The van der Waals surface area contributed by atoms with Crippen LogP contribution in [-0.2, 0) is 6.54 Å². The molecule has 0 aliphatic heterocycles. The number of nitrogens with zero attached hydrogens (tertiary/aromatic N) is 4. The highest BCUT2D eigenvalue weighted by Crippen LogP contribution is 2.20. The number of benzene rings is 1. The normalized spacial score (nSPS) is 12.9. The van der Waals surface area contributed by atoms with Crippen LogP contribution in [0.5, 0.6) is 0 Å². The van der Waals surface area contributed by atoms with Crippen molar-refractivity contribution in [2.24, 2.45) is 0 Å². The number of pyridine rings is 1. The Bertz CT molecular complexity index is 695. The van der Waals surface area contributed by atoms with Gasteiger partial charge in [-0.1, -0.05) is 12.1 Å². The lowest BCUT2D eigenvalue weighted by molar-refractivity contribution is 0.249. The maximum absolute atomic E-state index is 4.72. The number of hydrogen-bond acceptors (Lipinski definition) is 5. The van der Waals surface area contributed by atoms with Crippen molar-refractivity contribution in [2.45, 2.75) is 19.5 Å². The van der Waals surface area contributed by atoms with Crippen LogP contribution in [0, 0.1) is 0 Å². The van der Waals surface area contributed by atoms with Gasteiger partial charge in [0.1, 0.15) is 11.0 Å². The van der Waals surface area contributed by atoms with E-state index in [-0.39, 0.29) is 6.04 Å². The molecule has 0 aliphatic rings. The standard InChI is InChI=1S/C15H16N4O/c1-11(13-5-3-4-8-16-13)19(2)10-12-6-7-14-15(9-12)18-20-17-14/h3-9,11H,10H2,1-2H3. The zero-order chi connectivity index (χ0) is 13.9. The summed E-state index contributed by atoms with van der Waals surface area (Å²) in [7, 11) is 2.09. The Balaban J connectivity index is 1.76. The fraction of sp³-hybridized carbons (Fsp3) is 0.267. The van der Waals surface area contributed by atoms with Gasteiger partial charge in [0, 0.05) is 18.8 Å². The first-order valence-electron chi connectivity index (χ1n) is 6.56. The maximum Gasteiger partial charge on any atom is 0.135 e. The minimum absolute atomic E-state index is 0.252. The summed E-state index contributed by atoms with van der Waals surface area (Å²) in [6.45, 7) is 2.97. The number of rotatable bonds is 4. The van der Waals surface area contributed by atoms with Gasteiger partial charge in [0.15, 0.2) is 0 Å². The molecule has 0 saturated heterocycles. The second-order valence-electron chi connectivity index (χ2n) is 4.93. The van der Waals surface area contributed by atoms with Crippen molar-refractivity contribution in [1.82, 2.24) is 20.2 Å². The Hall–Kier alpha value is -2.27. The molecule has 1 atom stereocenters. The zero-order valence-electron chi connectivity index (χ0n) is 11.5. The molecule has 102 valence electrons. The Morgan fingerprint density at radius 1 is 1.15 bits per heavy atom. The SMILES string of the molecule is CC(c1ccccn1)N(C)Cc1ccc2nonc2c1. The van der Waals surface area contributed by atoms with Crippen molar-refractivity contribution in [3.63, 3.8) is 0 Å². The molecular formula is C15H16N4O. The predicted molar refractivity (Wildman–Crippen MR) is 75.9 cm³/mol. The Labute approximate surface area is 117 Å². The van der Waals surface area contributed by atoms with Gasteiger partial charge >= 0.3 is 0 Å². The largest absolute Gasteiger partial charge is 0.294 e. The summed E-state index contributed by atoms with van der Waals surface area (Å²) in [6, 6.07) is 12.2. The van der Waals surface area contributed by atoms with Gasteiger partial charge in [0.05, 0.1) is 5.69 Å². The summed E-state index contributed by atoms with van der Waals surface area (Å²) in [5.41, 5.74) is 3.83. The van der Waals surface area contributed by atoms with E-state index in [0.717, 1.165) is 23.3 Å². The first-order valence-corrected chi connectivity index (χ1v) is 6.56. The van der Waals surface area contributed by atoms with Gasteiger partial charge < -0.3 is 0 Å². The average molecular weight is 268 g/mol. The van der Waals surface area contributed by atoms with E-state index in [1.54, 1.807) is 0 Å². The molecule has 2 heterocycles. The molecule has 0 aliphatic carbocycles. The van der Waals surface area contributed by atoms with Crippen LogP contribution in [0.4, 0.5) is 0 Å². The van der Waals surface area contributed by atoms with E-state index in [9.17, 15) is 0 Å². The van der Waals surface area contributed by atoms with E-state index in [1.807, 2.05) is 42.6 Å². The maximum atomic E-state index is 4.72. The van der Waals surface area contributed by atoms with E-state index in [4.69, 9.17) is 4.63 Å². The van der Waals surface area contributed by atoms with Crippen molar-refractivity contribution in [2.75, 3.05) is 7.05 Å². The molecule has 1 aromatic carbocycles. The molecule has 5 nitrogen and oxygen atoms in total. The Morgan fingerprint density at radius 3 is 2.80 bits per heavy atom. The summed E-state index contributed by atoms with van der Waals surface area (Å²) in [4.78, 5) is 6.65. The summed E-state index contributed by atoms with van der Waals surface area (Å²) < 4.78 is 4.72. The Kier molecular flexibility index (Phi) is 3.43.